The van der Waals surface area contributed by atoms with E-state index in [4.69, 9.17) is 4.74 Å². The third-order valence-corrected chi connectivity index (χ3v) is 5.40. The van der Waals surface area contributed by atoms with Gasteiger partial charge in [-0.2, -0.15) is 0 Å². The van der Waals surface area contributed by atoms with Crippen molar-refractivity contribution in [2.24, 2.45) is 0 Å². The number of benzene rings is 2. The Morgan fingerprint density at radius 1 is 1.06 bits per heavy atom. The van der Waals surface area contributed by atoms with Crippen LogP contribution in [0.3, 0.4) is 0 Å². The van der Waals surface area contributed by atoms with Gasteiger partial charge in [-0.25, -0.2) is 18.7 Å². The first-order valence-corrected chi connectivity index (χ1v) is 10.3. The van der Waals surface area contributed by atoms with Crippen LogP contribution in [0, 0.1) is 11.6 Å². The van der Waals surface area contributed by atoms with Crippen molar-refractivity contribution in [2.75, 3.05) is 31.6 Å². The highest BCUT2D eigenvalue weighted by atomic mass is 19.1. The van der Waals surface area contributed by atoms with Gasteiger partial charge >= 0.3 is 0 Å². The molecule has 1 aliphatic rings. The van der Waals surface area contributed by atoms with Crippen LogP contribution < -0.4 is 5.32 Å². The van der Waals surface area contributed by atoms with E-state index in [1.54, 1.807) is 29.2 Å². The molecule has 0 atom stereocenters. The molecule has 2 aromatic heterocycles. The molecular weight excluding hydrogens is 432 g/mol. The molecule has 1 aliphatic heterocycles. The zero-order chi connectivity index (χ0) is 22.9. The zero-order valence-electron chi connectivity index (χ0n) is 17.3. The largest absolute Gasteiger partial charge is 0.494 e. The number of aromatic hydroxyl groups is 1. The minimum Gasteiger partial charge on any atom is -0.494 e. The summed E-state index contributed by atoms with van der Waals surface area (Å²) < 4.78 is 33.9. The summed E-state index contributed by atoms with van der Waals surface area (Å²) in [4.78, 5) is 25.5. The summed E-state index contributed by atoms with van der Waals surface area (Å²) in [6.07, 6.45) is 1.42. The van der Waals surface area contributed by atoms with E-state index in [1.165, 1.54) is 12.3 Å². The van der Waals surface area contributed by atoms with Gasteiger partial charge in [0.25, 0.3) is 5.91 Å². The molecule has 1 fully saturated rings. The van der Waals surface area contributed by atoms with Gasteiger partial charge in [0.15, 0.2) is 5.82 Å². The number of anilines is 2. The van der Waals surface area contributed by atoms with Crippen LogP contribution in [0.4, 0.5) is 20.3 Å². The maximum absolute atomic E-state index is 14.3. The van der Waals surface area contributed by atoms with Crippen LogP contribution in [0.15, 0.2) is 48.7 Å². The molecule has 10 heteroatoms. The van der Waals surface area contributed by atoms with Gasteiger partial charge in [-0.1, -0.05) is 6.07 Å². The number of nitrogens with zero attached hydrogens (tertiary/aromatic N) is 3. The number of fused-ring (bicyclic) bond motifs is 1. The highest BCUT2D eigenvalue weighted by molar-refractivity contribution is 5.97. The fourth-order valence-corrected chi connectivity index (χ4v) is 3.72. The molecule has 1 amide bonds. The molecular formula is C23H19F2N5O3. The maximum atomic E-state index is 14.3. The molecule has 168 valence electrons. The molecule has 1 saturated heterocycles. The van der Waals surface area contributed by atoms with Crippen molar-refractivity contribution in [2.45, 2.75) is 0 Å². The lowest BCUT2D eigenvalue weighted by molar-refractivity contribution is 0.0303. The standard InChI is InChI=1S/C23H19F2N5O3/c24-15-2-1-3-16(25)18(15)20-28-17-12-26-22(31)19(17)21(29-20)27-14-6-4-13(5-7-14)23(32)30-8-10-33-11-9-30/h1-7,12,26,31H,8-11H2,(H,27,28,29). The van der Waals surface area contributed by atoms with Gasteiger partial charge in [-0.15, -0.1) is 0 Å². The van der Waals surface area contributed by atoms with E-state index < -0.39 is 11.6 Å². The Balaban J connectivity index is 1.48. The van der Waals surface area contributed by atoms with E-state index in [0.29, 0.717) is 37.6 Å². The number of nitrogens with one attached hydrogen (secondary N) is 2. The molecule has 0 saturated carbocycles. The Hall–Kier alpha value is -4.05. The average molecular weight is 451 g/mol. The summed E-state index contributed by atoms with van der Waals surface area (Å²) in [5.74, 6) is -1.89. The number of hydrogen-bond donors (Lipinski definition) is 3. The highest BCUT2D eigenvalue weighted by Gasteiger charge is 2.21. The van der Waals surface area contributed by atoms with Gasteiger partial charge < -0.3 is 25.0 Å². The zero-order valence-corrected chi connectivity index (χ0v) is 17.3. The topological polar surface area (TPSA) is 103 Å². The van der Waals surface area contributed by atoms with Gasteiger partial charge in [0, 0.05) is 30.5 Å². The number of aromatic amines is 1. The molecule has 2 aromatic carbocycles. The molecule has 0 spiro atoms. The van der Waals surface area contributed by atoms with Crippen LogP contribution in [0.5, 0.6) is 5.88 Å². The Morgan fingerprint density at radius 2 is 1.76 bits per heavy atom. The van der Waals surface area contributed by atoms with Crippen molar-refractivity contribution >= 4 is 28.3 Å². The molecule has 33 heavy (non-hydrogen) atoms. The first-order valence-electron chi connectivity index (χ1n) is 10.3. The van der Waals surface area contributed by atoms with Crippen LogP contribution in [0.25, 0.3) is 22.3 Å². The van der Waals surface area contributed by atoms with Crippen LogP contribution in [0.1, 0.15) is 10.4 Å². The Labute approximate surface area is 186 Å². The van der Waals surface area contributed by atoms with E-state index in [1.807, 2.05) is 0 Å². The van der Waals surface area contributed by atoms with E-state index >= 15 is 0 Å². The van der Waals surface area contributed by atoms with E-state index in [9.17, 15) is 18.7 Å². The van der Waals surface area contributed by atoms with Crippen molar-refractivity contribution < 1.29 is 23.4 Å². The van der Waals surface area contributed by atoms with Crippen LogP contribution >= 0.6 is 0 Å². The summed E-state index contributed by atoms with van der Waals surface area (Å²) in [5, 5.41) is 13.5. The Morgan fingerprint density at radius 3 is 2.45 bits per heavy atom. The quantitative estimate of drug-likeness (QED) is 0.436. The Bertz CT molecular complexity index is 1310. The third-order valence-electron chi connectivity index (χ3n) is 5.40. The second-order valence-corrected chi connectivity index (χ2v) is 7.50. The first-order chi connectivity index (χ1) is 16.0. The number of carbonyl (C=O) groups is 1. The molecule has 8 nitrogen and oxygen atoms in total. The van der Waals surface area contributed by atoms with Crippen molar-refractivity contribution in [1.29, 1.82) is 0 Å². The second-order valence-electron chi connectivity index (χ2n) is 7.50. The number of H-pyrrole nitrogens is 1. The molecule has 0 bridgehead atoms. The molecule has 3 N–H and O–H groups in total. The predicted octanol–water partition coefficient (Wildman–Crippen LogP) is 3.82. The third kappa shape index (κ3) is 3.96. The number of amides is 1. The second kappa shape index (κ2) is 8.47. The van der Waals surface area contributed by atoms with E-state index in [0.717, 1.165) is 12.1 Å². The molecule has 0 unspecified atom stereocenters. The lowest BCUT2D eigenvalue weighted by Crippen LogP contribution is -2.40. The molecule has 0 radical (unpaired) electrons. The normalized spacial score (nSPS) is 13.9. The molecule has 4 aromatic rings. The van der Waals surface area contributed by atoms with Crippen molar-refractivity contribution in [3.63, 3.8) is 0 Å². The van der Waals surface area contributed by atoms with Crippen molar-refractivity contribution in [1.82, 2.24) is 19.9 Å². The van der Waals surface area contributed by atoms with E-state index in [-0.39, 0.29) is 39.9 Å². The summed E-state index contributed by atoms with van der Waals surface area (Å²) in [6.45, 7) is 2.11. The number of rotatable bonds is 4. The average Bonchev–Trinajstić information content (AvgIpc) is 3.20. The molecule has 5 rings (SSSR count). The first kappa shape index (κ1) is 20.8. The predicted molar refractivity (Wildman–Crippen MR) is 117 cm³/mol. The number of hydrogen-bond acceptors (Lipinski definition) is 6. The number of aromatic nitrogens is 3. The van der Waals surface area contributed by atoms with Crippen LogP contribution in [-0.4, -0.2) is 57.2 Å². The van der Waals surface area contributed by atoms with Gasteiger partial charge in [0.05, 0.1) is 24.3 Å². The van der Waals surface area contributed by atoms with Gasteiger partial charge in [0.1, 0.15) is 22.8 Å². The van der Waals surface area contributed by atoms with Gasteiger partial charge in [0.2, 0.25) is 5.88 Å². The fourth-order valence-electron chi connectivity index (χ4n) is 3.72. The fraction of sp³-hybridized carbons (Fsp3) is 0.174. The highest BCUT2D eigenvalue weighted by Crippen LogP contribution is 2.34. The lowest BCUT2D eigenvalue weighted by atomic mass is 10.1. The minimum atomic E-state index is -0.800. The number of carbonyl (C=O) groups excluding carboxylic acids is 1. The number of morpholine rings is 1. The molecule has 3 heterocycles. The van der Waals surface area contributed by atoms with Gasteiger partial charge in [-0.05, 0) is 36.4 Å². The smallest absolute Gasteiger partial charge is 0.254 e. The number of ether oxygens (including phenoxy) is 1. The summed E-state index contributed by atoms with van der Waals surface area (Å²) in [5.41, 5.74) is 0.999. The summed E-state index contributed by atoms with van der Waals surface area (Å²) in [7, 11) is 0. The Kier molecular flexibility index (Phi) is 5.35. The summed E-state index contributed by atoms with van der Waals surface area (Å²) >= 11 is 0. The number of halogens is 2. The summed E-state index contributed by atoms with van der Waals surface area (Å²) in [6, 6.07) is 10.2. The lowest BCUT2D eigenvalue weighted by Gasteiger charge is -2.26. The minimum absolute atomic E-state index is 0.0881. The maximum Gasteiger partial charge on any atom is 0.254 e. The SMILES string of the molecule is O=C(c1ccc(Nc2nc(-c3c(F)cccc3F)nc3c[nH]c(O)c23)cc1)N1CCOCC1. The van der Waals surface area contributed by atoms with Gasteiger partial charge in [-0.3, -0.25) is 4.79 Å². The van der Waals surface area contributed by atoms with Crippen LogP contribution in [0.2, 0.25) is 0 Å². The van der Waals surface area contributed by atoms with Crippen molar-refractivity contribution in [3.8, 4) is 17.3 Å². The monoisotopic (exact) mass is 451 g/mol. The van der Waals surface area contributed by atoms with E-state index in [2.05, 4.69) is 20.3 Å². The molecule has 0 aliphatic carbocycles. The van der Waals surface area contributed by atoms with Crippen LogP contribution in [-0.2, 0) is 4.74 Å². The van der Waals surface area contributed by atoms with Crippen molar-refractivity contribution in [3.05, 3.63) is 65.9 Å².